The number of carbonyl (C=O) groups is 5. The summed E-state index contributed by atoms with van der Waals surface area (Å²) in [6.07, 6.45) is -3.58. The number of hydrogen-bond acceptors (Lipinski definition) is 10. The predicted octanol–water partition coefficient (Wildman–Crippen LogP) is 6.43. The number of aliphatic carboxylic acids is 2. The Hall–Kier alpha value is -6.01. The molecule has 0 aliphatic rings. The quantitative estimate of drug-likeness (QED) is 0.0905. The van der Waals surface area contributed by atoms with Gasteiger partial charge in [-0.15, -0.1) is 0 Å². The number of phenolic OH excluding ortho intramolecular Hbond substituents is 1. The predicted molar refractivity (Wildman–Crippen MR) is 196 cm³/mol. The summed E-state index contributed by atoms with van der Waals surface area (Å²) >= 11 is 0. The van der Waals surface area contributed by atoms with Crippen LogP contribution >= 0.6 is 0 Å². The number of ether oxygens (including phenoxy) is 3. The fourth-order valence-corrected chi connectivity index (χ4v) is 5.65. The maximum Gasteiger partial charge on any atom is 0.349 e. The van der Waals surface area contributed by atoms with Crippen molar-refractivity contribution in [2.24, 2.45) is 0 Å². The second-order valence-electron chi connectivity index (χ2n) is 12.5. The standard InChI is InChI=1S/C23H31NO3.C18H14O8/c1-16(2)24(17(3)4)14-13-20(18-9-7-6-8-10-18)21-15-19(23(26)27-5)11-12-22(21)25;19-15(20)13(25-17(23)11-7-3-1-4-8-11)14(16(21)22)26-18(24)12-9-5-2-6-10-12/h6-12,15-17,20,25H,13-14H2,1-5H3;1-10,13-14H,(H,19,20)(H,21,22)/t20-;13-,14-/m10/s1. The van der Waals surface area contributed by atoms with Crippen LogP contribution < -0.4 is 0 Å². The molecule has 12 heteroatoms. The van der Waals surface area contributed by atoms with Crippen LogP contribution in [0.4, 0.5) is 0 Å². The summed E-state index contributed by atoms with van der Waals surface area (Å²) in [4.78, 5) is 61.3. The number of phenols is 1. The van der Waals surface area contributed by atoms with Crippen LogP contribution in [0.5, 0.6) is 5.75 Å². The van der Waals surface area contributed by atoms with E-state index in [1.165, 1.54) is 55.6 Å². The minimum Gasteiger partial charge on any atom is -0.508 e. The number of nitrogens with zero attached hydrogens (tertiary/aromatic N) is 1. The Balaban J connectivity index is 0.000000286. The zero-order valence-electron chi connectivity index (χ0n) is 30.2. The highest BCUT2D eigenvalue weighted by molar-refractivity contribution is 5.95. The molecule has 280 valence electrons. The van der Waals surface area contributed by atoms with Crippen molar-refractivity contribution < 1.29 is 53.5 Å². The van der Waals surface area contributed by atoms with E-state index in [9.17, 15) is 39.3 Å². The first-order valence-electron chi connectivity index (χ1n) is 16.9. The third kappa shape index (κ3) is 12.0. The van der Waals surface area contributed by atoms with E-state index < -0.39 is 42.1 Å². The van der Waals surface area contributed by atoms with Gasteiger partial charge in [0.2, 0.25) is 12.2 Å². The van der Waals surface area contributed by atoms with Gasteiger partial charge in [0.05, 0.1) is 23.8 Å². The number of methoxy groups -OCH3 is 1. The van der Waals surface area contributed by atoms with E-state index in [-0.39, 0.29) is 22.8 Å². The van der Waals surface area contributed by atoms with E-state index in [4.69, 9.17) is 14.2 Å². The van der Waals surface area contributed by atoms with Crippen molar-refractivity contribution >= 4 is 29.8 Å². The molecule has 3 atom stereocenters. The lowest BCUT2D eigenvalue weighted by Crippen LogP contribution is -2.45. The molecule has 0 saturated heterocycles. The van der Waals surface area contributed by atoms with Gasteiger partial charge < -0.3 is 29.5 Å². The average molecular weight is 728 g/mol. The molecule has 4 aromatic rings. The maximum absolute atomic E-state index is 12.0. The Bertz CT molecular complexity index is 1730. The lowest BCUT2D eigenvalue weighted by Gasteiger charge is -2.32. The number of rotatable bonds is 15. The molecule has 0 saturated carbocycles. The van der Waals surface area contributed by atoms with Gasteiger partial charge in [-0.1, -0.05) is 66.7 Å². The molecule has 0 radical (unpaired) electrons. The van der Waals surface area contributed by atoms with Gasteiger partial charge in [-0.2, -0.15) is 0 Å². The number of benzene rings is 4. The smallest absolute Gasteiger partial charge is 0.349 e. The maximum atomic E-state index is 12.0. The Morgan fingerprint density at radius 2 is 1.04 bits per heavy atom. The molecule has 53 heavy (non-hydrogen) atoms. The third-order valence-corrected chi connectivity index (χ3v) is 8.28. The first kappa shape index (κ1) is 41.4. The number of hydrogen-bond donors (Lipinski definition) is 3. The van der Waals surface area contributed by atoms with Gasteiger partial charge >= 0.3 is 29.8 Å². The summed E-state index contributed by atoms with van der Waals surface area (Å²) in [7, 11) is 1.37. The lowest BCUT2D eigenvalue weighted by molar-refractivity contribution is -0.166. The number of esters is 3. The molecular weight excluding hydrogens is 682 g/mol. The summed E-state index contributed by atoms with van der Waals surface area (Å²) in [5.41, 5.74) is 2.39. The molecule has 0 spiro atoms. The van der Waals surface area contributed by atoms with E-state index >= 15 is 0 Å². The van der Waals surface area contributed by atoms with Gasteiger partial charge in [-0.05, 0) is 88.7 Å². The summed E-state index contributed by atoms with van der Waals surface area (Å²) in [6.45, 7) is 9.70. The highest BCUT2D eigenvalue weighted by atomic mass is 16.6. The molecule has 0 aromatic heterocycles. The van der Waals surface area contributed by atoms with Gasteiger partial charge in [0.1, 0.15) is 5.75 Å². The number of carboxylic acid groups (broad SMARTS) is 2. The van der Waals surface area contributed by atoms with Gasteiger partial charge in [-0.25, -0.2) is 24.0 Å². The molecule has 0 unspecified atom stereocenters. The molecule has 3 N–H and O–H groups in total. The fraction of sp³-hybridized carbons (Fsp3) is 0.293. The number of carboxylic acids is 2. The Kier molecular flexibility index (Phi) is 15.7. The van der Waals surface area contributed by atoms with E-state index in [1.54, 1.807) is 30.3 Å². The molecule has 0 heterocycles. The van der Waals surface area contributed by atoms with E-state index in [0.717, 1.165) is 24.1 Å². The highest BCUT2D eigenvalue weighted by Crippen LogP contribution is 2.35. The fourth-order valence-electron chi connectivity index (χ4n) is 5.65. The minimum absolute atomic E-state index is 0.00388. The highest BCUT2D eigenvalue weighted by Gasteiger charge is 2.41. The van der Waals surface area contributed by atoms with Gasteiger partial charge in [0.25, 0.3) is 0 Å². The monoisotopic (exact) mass is 727 g/mol. The first-order chi connectivity index (χ1) is 25.2. The van der Waals surface area contributed by atoms with Crippen LogP contribution in [0.1, 0.15) is 82.2 Å². The van der Waals surface area contributed by atoms with Crippen molar-refractivity contribution in [3.05, 3.63) is 137 Å². The zero-order valence-corrected chi connectivity index (χ0v) is 30.2. The summed E-state index contributed by atoms with van der Waals surface area (Å²) in [5.74, 6) is -5.83. The van der Waals surface area contributed by atoms with Crippen molar-refractivity contribution in [3.63, 3.8) is 0 Å². The molecule has 0 bridgehead atoms. The Morgan fingerprint density at radius 1 is 0.604 bits per heavy atom. The van der Waals surface area contributed by atoms with Gasteiger partial charge in [0, 0.05) is 23.6 Å². The molecular formula is C41H45NO11. The molecule has 0 aliphatic carbocycles. The molecule has 0 amide bonds. The van der Waals surface area contributed by atoms with Crippen LogP contribution in [0.25, 0.3) is 0 Å². The van der Waals surface area contributed by atoms with Crippen molar-refractivity contribution in [1.82, 2.24) is 4.90 Å². The SMILES string of the molecule is COC(=O)c1ccc(O)c([C@H](CCN(C(C)C)C(C)C)c2ccccc2)c1.O=C(O[C@H](C(=O)O)[C@H](OC(=O)c1ccccc1)C(=O)O)c1ccccc1. The molecule has 12 nitrogen and oxygen atoms in total. The Morgan fingerprint density at radius 3 is 1.43 bits per heavy atom. The topological polar surface area (TPSA) is 177 Å². The zero-order chi connectivity index (χ0) is 39.1. The normalized spacial score (nSPS) is 12.5. The third-order valence-electron chi connectivity index (χ3n) is 8.28. The van der Waals surface area contributed by atoms with Crippen LogP contribution in [0.15, 0.2) is 109 Å². The van der Waals surface area contributed by atoms with Gasteiger partial charge in [0.15, 0.2) is 0 Å². The van der Waals surface area contributed by atoms with Crippen molar-refractivity contribution in [3.8, 4) is 5.75 Å². The summed E-state index contributed by atoms with van der Waals surface area (Å²) in [6, 6.07) is 30.8. The summed E-state index contributed by atoms with van der Waals surface area (Å²) in [5, 5.41) is 29.0. The van der Waals surface area contributed by atoms with Crippen LogP contribution in [0, 0.1) is 0 Å². The molecule has 4 aromatic carbocycles. The van der Waals surface area contributed by atoms with Gasteiger partial charge in [-0.3, -0.25) is 4.90 Å². The van der Waals surface area contributed by atoms with Crippen molar-refractivity contribution in [1.29, 1.82) is 0 Å². The second kappa shape index (κ2) is 20.1. The molecule has 0 fully saturated rings. The lowest BCUT2D eigenvalue weighted by atomic mass is 9.86. The van der Waals surface area contributed by atoms with Crippen LogP contribution in [-0.4, -0.2) is 88.0 Å². The van der Waals surface area contributed by atoms with E-state index in [0.29, 0.717) is 17.6 Å². The van der Waals surface area contributed by atoms with Crippen LogP contribution in [-0.2, 0) is 23.8 Å². The number of aromatic hydroxyl groups is 1. The average Bonchev–Trinajstić information content (AvgIpc) is 3.15. The van der Waals surface area contributed by atoms with E-state index in [2.05, 4.69) is 44.7 Å². The molecule has 4 rings (SSSR count). The van der Waals surface area contributed by atoms with Crippen molar-refractivity contribution in [2.45, 2.75) is 64.3 Å². The van der Waals surface area contributed by atoms with Crippen LogP contribution in [0.3, 0.4) is 0 Å². The minimum atomic E-state index is -2.21. The van der Waals surface area contributed by atoms with Crippen molar-refractivity contribution in [2.75, 3.05) is 13.7 Å². The molecule has 0 aliphatic heterocycles. The Labute approximate surface area is 308 Å². The largest absolute Gasteiger partial charge is 0.508 e. The summed E-state index contributed by atoms with van der Waals surface area (Å²) < 4.78 is 14.4. The number of carbonyl (C=O) groups excluding carboxylic acids is 3. The van der Waals surface area contributed by atoms with Crippen LogP contribution in [0.2, 0.25) is 0 Å². The van der Waals surface area contributed by atoms with E-state index in [1.807, 2.05) is 18.2 Å². The second-order valence-corrected chi connectivity index (χ2v) is 12.5. The first-order valence-corrected chi connectivity index (χ1v) is 16.9.